The maximum atomic E-state index is 11.5. The minimum absolute atomic E-state index is 0.336. The molecule has 1 aliphatic rings. The molecule has 0 saturated heterocycles. The van der Waals surface area contributed by atoms with Gasteiger partial charge in [-0.2, -0.15) is 0 Å². The molecule has 21 heavy (non-hydrogen) atoms. The molecule has 0 bridgehead atoms. The molecule has 1 amide bonds. The van der Waals surface area contributed by atoms with Crippen molar-refractivity contribution < 1.29 is 9.53 Å². The molecule has 0 fully saturated rings. The van der Waals surface area contributed by atoms with Gasteiger partial charge in [-0.25, -0.2) is 4.98 Å². The van der Waals surface area contributed by atoms with Crippen molar-refractivity contribution in [3.05, 3.63) is 52.7 Å². The number of benzene rings is 1. The SMILES string of the molecule is NCc1cc2c(nc1Oc1ccccc1C(N)=O)CCC2. The van der Waals surface area contributed by atoms with Crippen LogP contribution in [0.15, 0.2) is 30.3 Å². The van der Waals surface area contributed by atoms with Gasteiger partial charge in [-0.15, -0.1) is 0 Å². The smallest absolute Gasteiger partial charge is 0.252 e. The van der Waals surface area contributed by atoms with Gasteiger partial charge in [-0.05, 0) is 43.0 Å². The molecule has 1 aliphatic carbocycles. The van der Waals surface area contributed by atoms with Crippen molar-refractivity contribution in [2.45, 2.75) is 25.8 Å². The van der Waals surface area contributed by atoms with Gasteiger partial charge in [0.25, 0.3) is 5.91 Å². The summed E-state index contributed by atoms with van der Waals surface area (Å²) in [6.45, 7) is 0.342. The molecule has 2 aromatic rings. The Morgan fingerprint density at radius 1 is 1.29 bits per heavy atom. The number of rotatable bonds is 4. The number of fused-ring (bicyclic) bond motifs is 1. The molecular formula is C16H17N3O2. The lowest BCUT2D eigenvalue weighted by atomic mass is 10.1. The Bertz CT molecular complexity index is 698. The fraction of sp³-hybridized carbons (Fsp3) is 0.250. The van der Waals surface area contributed by atoms with Crippen molar-refractivity contribution in [2.24, 2.45) is 11.5 Å². The van der Waals surface area contributed by atoms with Gasteiger partial charge >= 0.3 is 0 Å². The van der Waals surface area contributed by atoms with Crippen LogP contribution in [-0.2, 0) is 19.4 Å². The number of pyridine rings is 1. The van der Waals surface area contributed by atoms with Crippen LogP contribution in [0.5, 0.6) is 11.6 Å². The maximum Gasteiger partial charge on any atom is 0.252 e. The number of hydrogen-bond acceptors (Lipinski definition) is 4. The Morgan fingerprint density at radius 2 is 2.10 bits per heavy atom. The first-order valence-electron chi connectivity index (χ1n) is 6.97. The third-order valence-electron chi connectivity index (χ3n) is 3.67. The number of carbonyl (C=O) groups excluding carboxylic acids is 1. The Hall–Kier alpha value is -2.40. The normalized spacial score (nSPS) is 13.0. The summed E-state index contributed by atoms with van der Waals surface area (Å²) in [6.07, 6.45) is 3.09. The highest BCUT2D eigenvalue weighted by Crippen LogP contribution is 2.30. The van der Waals surface area contributed by atoms with Crippen molar-refractivity contribution in [2.75, 3.05) is 0 Å². The van der Waals surface area contributed by atoms with Gasteiger partial charge in [0.2, 0.25) is 5.88 Å². The van der Waals surface area contributed by atoms with Crippen LogP contribution in [0, 0.1) is 0 Å². The summed E-state index contributed by atoms with van der Waals surface area (Å²) in [5.41, 5.74) is 14.6. The van der Waals surface area contributed by atoms with E-state index in [0.717, 1.165) is 30.5 Å². The number of hydrogen-bond donors (Lipinski definition) is 2. The fourth-order valence-electron chi connectivity index (χ4n) is 2.60. The number of para-hydroxylation sites is 1. The summed E-state index contributed by atoms with van der Waals surface area (Å²) in [7, 11) is 0. The molecule has 5 heteroatoms. The Labute approximate surface area is 122 Å². The van der Waals surface area contributed by atoms with Crippen molar-refractivity contribution in [3.63, 3.8) is 0 Å². The van der Waals surface area contributed by atoms with Gasteiger partial charge in [0.1, 0.15) is 5.75 Å². The number of aromatic nitrogens is 1. The molecule has 1 aromatic carbocycles. The second kappa shape index (κ2) is 5.54. The van der Waals surface area contributed by atoms with Crippen LogP contribution >= 0.6 is 0 Å². The first kappa shape index (κ1) is 13.6. The summed E-state index contributed by atoms with van der Waals surface area (Å²) in [6, 6.07) is 8.92. The molecule has 1 aromatic heterocycles. The van der Waals surface area contributed by atoms with Crippen LogP contribution in [0.1, 0.15) is 33.6 Å². The number of aryl methyl sites for hydroxylation is 2. The molecule has 5 nitrogen and oxygen atoms in total. The lowest BCUT2D eigenvalue weighted by molar-refractivity contribution is 0.0998. The number of nitrogens with zero attached hydrogens (tertiary/aromatic N) is 1. The zero-order valence-corrected chi connectivity index (χ0v) is 11.6. The third kappa shape index (κ3) is 2.60. The van der Waals surface area contributed by atoms with Crippen molar-refractivity contribution in [3.8, 4) is 11.6 Å². The van der Waals surface area contributed by atoms with E-state index in [-0.39, 0.29) is 0 Å². The van der Waals surface area contributed by atoms with E-state index in [0.29, 0.717) is 23.7 Å². The predicted octanol–water partition coefficient (Wildman–Crippen LogP) is 1.92. The number of ether oxygens (including phenoxy) is 1. The quantitative estimate of drug-likeness (QED) is 0.896. The Morgan fingerprint density at radius 3 is 2.86 bits per heavy atom. The second-order valence-electron chi connectivity index (χ2n) is 5.08. The zero-order valence-electron chi connectivity index (χ0n) is 11.6. The average molecular weight is 283 g/mol. The highest BCUT2D eigenvalue weighted by molar-refractivity contribution is 5.95. The lowest BCUT2D eigenvalue weighted by Gasteiger charge is -2.13. The monoisotopic (exact) mass is 283 g/mol. The predicted molar refractivity (Wildman–Crippen MR) is 79.2 cm³/mol. The molecule has 0 saturated carbocycles. The molecule has 0 aliphatic heterocycles. The van der Waals surface area contributed by atoms with Crippen LogP contribution in [0.4, 0.5) is 0 Å². The summed E-state index contributed by atoms with van der Waals surface area (Å²) in [5.74, 6) is 0.345. The number of carbonyl (C=O) groups is 1. The van der Waals surface area contributed by atoms with E-state index in [1.54, 1.807) is 24.3 Å². The van der Waals surface area contributed by atoms with Gasteiger partial charge in [0, 0.05) is 17.8 Å². The topological polar surface area (TPSA) is 91.2 Å². The minimum Gasteiger partial charge on any atom is -0.438 e. The van der Waals surface area contributed by atoms with E-state index in [1.807, 2.05) is 0 Å². The summed E-state index contributed by atoms with van der Waals surface area (Å²) < 4.78 is 5.83. The second-order valence-corrected chi connectivity index (χ2v) is 5.08. The lowest BCUT2D eigenvalue weighted by Crippen LogP contribution is -2.12. The van der Waals surface area contributed by atoms with E-state index < -0.39 is 5.91 Å². The van der Waals surface area contributed by atoms with Gasteiger partial charge in [-0.1, -0.05) is 12.1 Å². The molecule has 3 rings (SSSR count). The van der Waals surface area contributed by atoms with Crippen LogP contribution in [0.2, 0.25) is 0 Å². The maximum absolute atomic E-state index is 11.5. The van der Waals surface area contributed by atoms with Crippen LogP contribution in [0.3, 0.4) is 0 Å². The Kier molecular flexibility index (Phi) is 3.58. The zero-order chi connectivity index (χ0) is 14.8. The van der Waals surface area contributed by atoms with Gasteiger partial charge in [-0.3, -0.25) is 4.79 Å². The van der Waals surface area contributed by atoms with Crippen LogP contribution in [0.25, 0.3) is 0 Å². The van der Waals surface area contributed by atoms with Gasteiger partial charge < -0.3 is 16.2 Å². The molecule has 108 valence electrons. The summed E-state index contributed by atoms with van der Waals surface area (Å²) in [5, 5.41) is 0. The molecule has 0 spiro atoms. The van der Waals surface area contributed by atoms with E-state index >= 15 is 0 Å². The molecular weight excluding hydrogens is 266 g/mol. The van der Waals surface area contributed by atoms with E-state index in [2.05, 4.69) is 11.1 Å². The highest BCUT2D eigenvalue weighted by atomic mass is 16.5. The molecule has 0 atom stereocenters. The number of amides is 1. The van der Waals surface area contributed by atoms with Crippen LogP contribution < -0.4 is 16.2 Å². The van der Waals surface area contributed by atoms with Crippen molar-refractivity contribution in [1.82, 2.24) is 4.98 Å². The minimum atomic E-state index is -0.527. The van der Waals surface area contributed by atoms with Gasteiger partial charge in [0.15, 0.2) is 0 Å². The highest BCUT2D eigenvalue weighted by Gasteiger charge is 2.18. The first-order chi connectivity index (χ1) is 10.2. The van der Waals surface area contributed by atoms with Crippen molar-refractivity contribution in [1.29, 1.82) is 0 Å². The number of primary amides is 1. The summed E-state index contributed by atoms with van der Waals surface area (Å²) in [4.78, 5) is 16.0. The fourth-order valence-corrected chi connectivity index (χ4v) is 2.60. The molecule has 4 N–H and O–H groups in total. The molecule has 1 heterocycles. The first-order valence-corrected chi connectivity index (χ1v) is 6.97. The third-order valence-corrected chi connectivity index (χ3v) is 3.67. The average Bonchev–Trinajstić information content (AvgIpc) is 2.94. The van der Waals surface area contributed by atoms with Crippen LogP contribution in [-0.4, -0.2) is 10.9 Å². The molecule has 0 unspecified atom stereocenters. The van der Waals surface area contributed by atoms with E-state index in [1.165, 1.54) is 5.56 Å². The van der Waals surface area contributed by atoms with E-state index in [4.69, 9.17) is 16.2 Å². The standard InChI is InChI=1S/C16H17N3O2/c17-9-11-8-10-4-3-6-13(10)19-16(11)21-14-7-2-1-5-12(14)15(18)20/h1-2,5,7-8H,3-4,6,9,17H2,(H2,18,20). The number of nitrogens with two attached hydrogens (primary N) is 2. The van der Waals surface area contributed by atoms with E-state index in [9.17, 15) is 4.79 Å². The summed E-state index contributed by atoms with van der Waals surface area (Å²) >= 11 is 0. The Balaban J connectivity index is 2.00. The van der Waals surface area contributed by atoms with Crippen molar-refractivity contribution >= 4 is 5.91 Å². The van der Waals surface area contributed by atoms with Gasteiger partial charge in [0.05, 0.1) is 5.56 Å². The molecule has 0 radical (unpaired) electrons. The largest absolute Gasteiger partial charge is 0.438 e.